The van der Waals surface area contributed by atoms with Crippen LogP contribution in [0.5, 0.6) is 0 Å². The number of piperidine rings is 1. The summed E-state index contributed by atoms with van der Waals surface area (Å²) < 4.78 is 10.9. The zero-order chi connectivity index (χ0) is 38.8. The van der Waals surface area contributed by atoms with E-state index in [0.717, 1.165) is 58.7 Å². The molecule has 0 aromatic carbocycles. The molecule has 0 atom stereocenters. The summed E-state index contributed by atoms with van der Waals surface area (Å²) in [6.45, 7) is 22.0. The van der Waals surface area contributed by atoms with Crippen LogP contribution < -0.4 is 36.0 Å². The third kappa shape index (κ3) is 14.0. The second-order valence-electron chi connectivity index (χ2n) is 16.9. The summed E-state index contributed by atoms with van der Waals surface area (Å²) in [4.78, 5) is 71.0. The number of alkyl carbamates (subject to hydrolysis) is 2. The molecule has 0 spiro atoms. The molecule has 3 fully saturated rings. The number of nitrogens with one attached hydrogen (secondary N) is 4. The lowest BCUT2D eigenvalue weighted by molar-refractivity contribution is -0.127. The van der Waals surface area contributed by atoms with Crippen LogP contribution in [0.1, 0.15) is 81.1 Å². The van der Waals surface area contributed by atoms with Crippen LogP contribution in [0.4, 0.5) is 27.4 Å². The highest BCUT2D eigenvalue weighted by Crippen LogP contribution is 2.33. The largest absolute Gasteiger partial charge is 0.444 e. The number of hydrogen-bond acceptors (Lipinski definition) is 14. The van der Waals surface area contributed by atoms with Gasteiger partial charge in [0.1, 0.15) is 11.2 Å². The van der Waals surface area contributed by atoms with E-state index in [9.17, 15) is 19.2 Å². The molecule has 53 heavy (non-hydrogen) atoms. The van der Waals surface area contributed by atoms with E-state index in [4.69, 9.17) is 24.4 Å². The van der Waals surface area contributed by atoms with Gasteiger partial charge >= 0.3 is 12.2 Å². The molecule has 4 N–H and O–H groups in total. The summed E-state index contributed by atoms with van der Waals surface area (Å²) in [7, 11) is 0. The molecular formula is C37H62N10O6. The van der Waals surface area contributed by atoms with Gasteiger partial charge in [0.15, 0.2) is 11.6 Å². The number of hydrogen-bond donors (Lipinski definition) is 4. The maximum atomic E-state index is 12.5. The molecule has 0 unspecified atom stereocenters. The molecule has 296 valence electrons. The zero-order valence-corrected chi connectivity index (χ0v) is 33.1. The van der Waals surface area contributed by atoms with Crippen molar-refractivity contribution >= 4 is 41.6 Å². The Bertz CT molecular complexity index is 1400. The molecular weight excluding hydrogens is 680 g/mol. The van der Waals surface area contributed by atoms with Gasteiger partial charge in [0.05, 0.1) is 5.57 Å². The molecule has 16 heteroatoms. The number of rotatable bonds is 13. The number of aromatic nitrogens is 3. The summed E-state index contributed by atoms with van der Waals surface area (Å²) in [5.41, 5.74) is -1.19. The van der Waals surface area contributed by atoms with Crippen LogP contribution >= 0.6 is 0 Å². The van der Waals surface area contributed by atoms with E-state index >= 15 is 0 Å². The number of carbonyl (C=O) groups is 4. The summed E-state index contributed by atoms with van der Waals surface area (Å²) in [6.07, 6.45) is 3.37. The molecule has 2 amide bonds. The number of nitrogens with zero attached hydrogens (tertiary/aromatic N) is 6. The first-order valence-corrected chi connectivity index (χ1v) is 19.0. The fraction of sp³-hybridized carbons (Fsp3) is 0.757. The number of ether oxygens (including phenoxy) is 2. The third-order valence-electron chi connectivity index (χ3n) is 9.04. The molecule has 0 bridgehead atoms. The van der Waals surface area contributed by atoms with Gasteiger partial charge in [0, 0.05) is 84.8 Å². The SMILES string of the molecule is CC1(C)CC(=O)C(=CCNCC2CCN(c3nc(N4CCNCC4)nc(N(CCNC(=O)OC(C)(C)C)CCNC(=O)OC(C)(C)C)n3)CC2)C(=O)C1. The van der Waals surface area contributed by atoms with Gasteiger partial charge in [-0.05, 0) is 72.3 Å². The van der Waals surface area contributed by atoms with E-state index in [1.54, 1.807) is 6.08 Å². The van der Waals surface area contributed by atoms with Gasteiger partial charge in [0.2, 0.25) is 17.8 Å². The van der Waals surface area contributed by atoms with Crippen LogP contribution in [0.2, 0.25) is 0 Å². The highest BCUT2D eigenvalue weighted by Gasteiger charge is 2.35. The number of piperazine rings is 1. The Balaban J connectivity index is 1.44. The fourth-order valence-electron chi connectivity index (χ4n) is 6.46. The minimum absolute atomic E-state index is 0.0598. The lowest BCUT2D eigenvalue weighted by Crippen LogP contribution is -2.45. The highest BCUT2D eigenvalue weighted by molar-refractivity contribution is 6.22. The third-order valence-corrected chi connectivity index (χ3v) is 9.04. The molecule has 16 nitrogen and oxygen atoms in total. The van der Waals surface area contributed by atoms with Crippen molar-refractivity contribution in [2.24, 2.45) is 11.3 Å². The Hall–Kier alpha value is -4.05. The van der Waals surface area contributed by atoms with E-state index in [-0.39, 0.29) is 30.1 Å². The number of anilines is 3. The maximum Gasteiger partial charge on any atom is 0.407 e. The molecule has 0 radical (unpaired) electrons. The quantitative estimate of drug-likeness (QED) is 0.132. The smallest absolute Gasteiger partial charge is 0.407 e. The zero-order valence-electron chi connectivity index (χ0n) is 33.1. The first-order chi connectivity index (χ1) is 24.9. The Kier molecular flexibility index (Phi) is 14.4. The maximum absolute atomic E-state index is 12.5. The van der Waals surface area contributed by atoms with Crippen LogP contribution in [-0.2, 0) is 19.1 Å². The molecule has 2 saturated heterocycles. The van der Waals surface area contributed by atoms with Gasteiger partial charge in [-0.25, -0.2) is 9.59 Å². The molecule has 4 rings (SSSR count). The molecule has 3 aliphatic rings. The van der Waals surface area contributed by atoms with E-state index in [0.29, 0.717) is 61.8 Å². The van der Waals surface area contributed by atoms with Crippen LogP contribution in [0, 0.1) is 11.3 Å². The Morgan fingerprint density at radius 2 is 1.32 bits per heavy atom. The van der Waals surface area contributed by atoms with E-state index in [1.807, 2.05) is 60.3 Å². The van der Waals surface area contributed by atoms with Crippen molar-refractivity contribution in [3.8, 4) is 0 Å². The van der Waals surface area contributed by atoms with Gasteiger partial charge in [-0.3, -0.25) is 9.59 Å². The lowest BCUT2D eigenvalue weighted by Gasteiger charge is -2.34. The second kappa shape index (κ2) is 18.3. The number of ketones is 2. The average Bonchev–Trinajstić information content (AvgIpc) is 3.05. The molecule has 1 aromatic rings. The monoisotopic (exact) mass is 742 g/mol. The van der Waals surface area contributed by atoms with Gasteiger partial charge in [-0.1, -0.05) is 19.9 Å². The van der Waals surface area contributed by atoms with Gasteiger partial charge in [-0.15, -0.1) is 0 Å². The summed E-state index contributed by atoms with van der Waals surface area (Å²) in [5.74, 6) is 1.92. The molecule has 1 aliphatic carbocycles. The number of amides is 2. The molecule has 3 heterocycles. The summed E-state index contributed by atoms with van der Waals surface area (Å²) >= 11 is 0. The van der Waals surface area contributed by atoms with E-state index < -0.39 is 23.4 Å². The van der Waals surface area contributed by atoms with Crippen LogP contribution in [0.15, 0.2) is 11.6 Å². The molecule has 1 saturated carbocycles. The normalized spacial score (nSPS) is 18.5. The second-order valence-corrected chi connectivity index (χ2v) is 16.9. The predicted octanol–water partition coefficient (Wildman–Crippen LogP) is 2.83. The van der Waals surface area contributed by atoms with Crippen molar-refractivity contribution < 1.29 is 28.7 Å². The van der Waals surface area contributed by atoms with Crippen LogP contribution in [0.25, 0.3) is 0 Å². The highest BCUT2D eigenvalue weighted by atomic mass is 16.6. The Labute approximate surface area is 314 Å². The minimum Gasteiger partial charge on any atom is -0.444 e. The van der Waals surface area contributed by atoms with Gasteiger partial charge < -0.3 is 45.4 Å². The lowest BCUT2D eigenvalue weighted by atomic mass is 9.74. The minimum atomic E-state index is -0.628. The number of Topliss-reactive ketones (excluding diaryl/α,β-unsaturated/α-hetero) is 2. The van der Waals surface area contributed by atoms with Crippen LogP contribution in [0.3, 0.4) is 0 Å². The molecule has 2 aliphatic heterocycles. The van der Waals surface area contributed by atoms with Crippen LogP contribution in [-0.4, -0.2) is 128 Å². The standard InChI is InChI=1S/C37H62N10O6/c1-35(2,3)52-33(50)40-15-21-47(22-16-41-34(51)53-36(4,5)6)32-43-30(42-31(44-32)46-19-13-38-14-20-46)45-17-10-26(11-18-45)25-39-12-9-27-28(48)23-37(7,8)24-29(27)49/h9,26,38-39H,10-25H2,1-8H3,(H,40,50)(H,41,51). The van der Waals surface area contributed by atoms with Crippen molar-refractivity contribution in [1.82, 2.24) is 36.2 Å². The first-order valence-electron chi connectivity index (χ1n) is 19.0. The van der Waals surface area contributed by atoms with Gasteiger partial charge in [-0.2, -0.15) is 15.0 Å². The average molecular weight is 743 g/mol. The Morgan fingerprint density at radius 3 is 1.81 bits per heavy atom. The van der Waals surface area contributed by atoms with Crippen molar-refractivity contribution in [2.75, 3.05) is 93.2 Å². The predicted molar refractivity (Wildman–Crippen MR) is 205 cm³/mol. The Morgan fingerprint density at radius 1 is 0.830 bits per heavy atom. The van der Waals surface area contributed by atoms with Gasteiger partial charge in [0.25, 0.3) is 0 Å². The first kappa shape index (κ1) is 41.7. The van der Waals surface area contributed by atoms with Crippen molar-refractivity contribution in [1.29, 1.82) is 0 Å². The molecule has 1 aromatic heterocycles. The summed E-state index contributed by atoms with van der Waals surface area (Å²) in [5, 5.41) is 12.5. The summed E-state index contributed by atoms with van der Waals surface area (Å²) in [6, 6.07) is 0. The van der Waals surface area contributed by atoms with Crippen molar-refractivity contribution in [3.05, 3.63) is 11.6 Å². The van der Waals surface area contributed by atoms with E-state index in [1.165, 1.54) is 0 Å². The number of allylic oxidation sites excluding steroid dienone is 1. The van der Waals surface area contributed by atoms with Crippen molar-refractivity contribution in [2.45, 2.75) is 92.3 Å². The fourth-order valence-corrected chi connectivity index (χ4v) is 6.46. The van der Waals surface area contributed by atoms with Crippen molar-refractivity contribution in [3.63, 3.8) is 0 Å². The number of carbonyl (C=O) groups excluding carboxylic acids is 4. The van der Waals surface area contributed by atoms with E-state index in [2.05, 4.69) is 31.1 Å². The topological polar surface area (TPSA) is 183 Å².